The molecule has 15 heavy (non-hydrogen) atoms. The van der Waals surface area contributed by atoms with Gasteiger partial charge in [-0.25, -0.2) is 0 Å². The zero-order chi connectivity index (χ0) is 11.3. The van der Waals surface area contributed by atoms with E-state index in [9.17, 15) is 0 Å². The van der Waals surface area contributed by atoms with Gasteiger partial charge in [0.05, 0.1) is 3.79 Å². The van der Waals surface area contributed by atoms with Crippen molar-refractivity contribution in [2.45, 2.75) is 45.1 Å². The predicted octanol–water partition coefficient (Wildman–Crippen LogP) is 5.24. The standard InChI is InChI=1S/C11H17Br2NS/c1-2-3-4-5-6-9(14)10-7-8(12)11(13)15-10/h7,9H,2-6,14H2,1H3. The van der Waals surface area contributed by atoms with Crippen molar-refractivity contribution < 1.29 is 0 Å². The number of hydrogen-bond acceptors (Lipinski definition) is 2. The van der Waals surface area contributed by atoms with E-state index in [2.05, 4.69) is 44.8 Å². The van der Waals surface area contributed by atoms with Gasteiger partial charge in [0, 0.05) is 15.4 Å². The van der Waals surface area contributed by atoms with Gasteiger partial charge in [-0.2, -0.15) is 0 Å². The molecule has 86 valence electrons. The fourth-order valence-corrected chi connectivity index (χ4v) is 3.60. The number of nitrogens with two attached hydrogens (primary N) is 1. The topological polar surface area (TPSA) is 26.0 Å². The average Bonchev–Trinajstić information content (AvgIpc) is 2.54. The minimum atomic E-state index is 0.203. The molecular formula is C11H17Br2NS. The van der Waals surface area contributed by atoms with Gasteiger partial charge >= 0.3 is 0 Å². The highest BCUT2D eigenvalue weighted by atomic mass is 79.9. The normalized spacial score (nSPS) is 13.1. The predicted molar refractivity (Wildman–Crippen MR) is 75.4 cm³/mol. The number of hydrogen-bond donors (Lipinski definition) is 1. The lowest BCUT2D eigenvalue weighted by atomic mass is 10.1. The summed E-state index contributed by atoms with van der Waals surface area (Å²) in [5.74, 6) is 0. The first-order valence-corrected chi connectivity index (χ1v) is 7.75. The molecule has 1 heterocycles. The van der Waals surface area contributed by atoms with Crippen LogP contribution < -0.4 is 5.73 Å². The summed E-state index contributed by atoms with van der Waals surface area (Å²) >= 11 is 8.71. The van der Waals surface area contributed by atoms with Crippen molar-refractivity contribution in [3.63, 3.8) is 0 Å². The third kappa shape index (κ3) is 4.55. The highest BCUT2D eigenvalue weighted by Crippen LogP contribution is 2.36. The Labute approximate surface area is 113 Å². The molecule has 0 bridgehead atoms. The molecule has 1 rings (SSSR count). The molecular weight excluding hydrogens is 338 g/mol. The summed E-state index contributed by atoms with van der Waals surface area (Å²) in [6.07, 6.45) is 6.25. The van der Waals surface area contributed by atoms with Gasteiger partial charge in [0.25, 0.3) is 0 Å². The molecule has 0 amide bonds. The van der Waals surface area contributed by atoms with Crippen LogP contribution in [0, 0.1) is 0 Å². The minimum Gasteiger partial charge on any atom is -0.323 e. The minimum absolute atomic E-state index is 0.203. The second kappa shape index (κ2) is 7.05. The molecule has 0 aliphatic rings. The highest BCUT2D eigenvalue weighted by molar-refractivity contribution is 9.13. The maximum absolute atomic E-state index is 6.13. The smallest absolute Gasteiger partial charge is 0.0843 e. The van der Waals surface area contributed by atoms with Gasteiger partial charge in [-0.3, -0.25) is 0 Å². The maximum Gasteiger partial charge on any atom is 0.0843 e. The molecule has 1 unspecified atom stereocenters. The van der Waals surface area contributed by atoms with Gasteiger partial charge in [0.2, 0.25) is 0 Å². The molecule has 0 radical (unpaired) electrons. The molecule has 0 spiro atoms. The van der Waals surface area contributed by atoms with E-state index in [0.29, 0.717) is 0 Å². The summed E-state index contributed by atoms with van der Waals surface area (Å²) in [5.41, 5.74) is 6.13. The first kappa shape index (κ1) is 13.7. The van der Waals surface area contributed by atoms with Crippen LogP contribution >= 0.6 is 43.2 Å². The van der Waals surface area contributed by atoms with Crippen molar-refractivity contribution in [3.8, 4) is 0 Å². The molecule has 2 N–H and O–H groups in total. The summed E-state index contributed by atoms with van der Waals surface area (Å²) < 4.78 is 2.26. The molecule has 0 saturated carbocycles. The van der Waals surface area contributed by atoms with Crippen LogP contribution in [0.4, 0.5) is 0 Å². The Morgan fingerprint density at radius 2 is 2.07 bits per heavy atom. The third-order valence-corrected chi connectivity index (χ3v) is 5.79. The van der Waals surface area contributed by atoms with Gasteiger partial charge in [0.15, 0.2) is 0 Å². The molecule has 1 atom stereocenters. The van der Waals surface area contributed by atoms with Crippen LogP contribution in [0.3, 0.4) is 0 Å². The maximum atomic E-state index is 6.13. The van der Waals surface area contributed by atoms with Crippen molar-refractivity contribution >= 4 is 43.2 Å². The van der Waals surface area contributed by atoms with Gasteiger partial charge in [0.1, 0.15) is 0 Å². The number of rotatable bonds is 6. The van der Waals surface area contributed by atoms with Crippen molar-refractivity contribution in [1.29, 1.82) is 0 Å². The summed E-state index contributed by atoms with van der Waals surface area (Å²) in [7, 11) is 0. The number of unbranched alkanes of at least 4 members (excludes halogenated alkanes) is 3. The lowest BCUT2D eigenvalue weighted by Crippen LogP contribution is -2.08. The molecule has 0 aliphatic heterocycles. The van der Waals surface area contributed by atoms with E-state index in [1.807, 2.05) is 0 Å². The molecule has 1 aromatic rings. The van der Waals surface area contributed by atoms with E-state index in [4.69, 9.17) is 5.73 Å². The first-order valence-electron chi connectivity index (χ1n) is 5.35. The SMILES string of the molecule is CCCCCCC(N)c1cc(Br)c(Br)s1. The van der Waals surface area contributed by atoms with Gasteiger partial charge in [-0.05, 0) is 44.3 Å². The van der Waals surface area contributed by atoms with Crippen LogP contribution in [0.5, 0.6) is 0 Å². The first-order chi connectivity index (χ1) is 7.15. The summed E-state index contributed by atoms with van der Waals surface area (Å²) in [5, 5.41) is 0. The van der Waals surface area contributed by atoms with E-state index in [-0.39, 0.29) is 6.04 Å². The summed E-state index contributed by atoms with van der Waals surface area (Å²) in [4.78, 5) is 1.27. The number of halogens is 2. The van der Waals surface area contributed by atoms with Crippen molar-refractivity contribution in [3.05, 3.63) is 19.2 Å². The molecule has 0 fully saturated rings. The lowest BCUT2D eigenvalue weighted by molar-refractivity contribution is 0.571. The van der Waals surface area contributed by atoms with Crippen molar-refractivity contribution in [2.75, 3.05) is 0 Å². The molecule has 1 aromatic heterocycles. The number of thiophene rings is 1. The van der Waals surface area contributed by atoms with Crippen molar-refractivity contribution in [2.24, 2.45) is 5.73 Å². The van der Waals surface area contributed by atoms with Crippen LogP contribution in [-0.4, -0.2) is 0 Å². The second-order valence-corrected chi connectivity index (χ2v) is 6.98. The highest BCUT2D eigenvalue weighted by Gasteiger charge is 2.11. The fourth-order valence-electron chi connectivity index (χ4n) is 1.48. The van der Waals surface area contributed by atoms with E-state index in [0.717, 1.165) is 14.7 Å². The fraction of sp³-hybridized carbons (Fsp3) is 0.636. The van der Waals surface area contributed by atoms with Crippen LogP contribution in [0.1, 0.15) is 49.9 Å². The van der Waals surface area contributed by atoms with Crippen LogP contribution in [0.2, 0.25) is 0 Å². The Morgan fingerprint density at radius 1 is 1.33 bits per heavy atom. The quantitative estimate of drug-likeness (QED) is 0.694. The van der Waals surface area contributed by atoms with E-state index >= 15 is 0 Å². The van der Waals surface area contributed by atoms with Crippen LogP contribution in [0.15, 0.2) is 14.3 Å². The van der Waals surface area contributed by atoms with Gasteiger partial charge < -0.3 is 5.73 Å². The van der Waals surface area contributed by atoms with Crippen LogP contribution in [-0.2, 0) is 0 Å². The Morgan fingerprint density at radius 3 is 2.60 bits per heavy atom. The van der Waals surface area contributed by atoms with Gasteiger partial charge in [-0.15, -0.1) is 11.3 Å². The molecule has 0 aromatic carbocycles. The zero-order valence-corrected chi connectivity index (χ0v) is 12.9. The van der Waals surface area contributed by atoms with E-state index < -0.39 is 0 Å². The monoisotopic (exact) mass is 353 g/mol. The van der Waals surface area contributed by atoms with E-state index in [1.54, 1.807) is 11.3 Å². The Bertz CT molecular complexity index is 279. The van der Waals surface area contributed by atoms with Crippen LogP contribution in [0.25, 0.3) is 0 Å². The lowest BCUT2D eigenvalue weighted by Gasteiger charge is -2.08. The Hall–Kier alpha value is 0.620. The van der Waals surface area contributed by atoms with Gasteiger partial charge in [-0.1, -0.05) is 32.6 Å². The molecule has 0 saturated heterocycles. The zero-order valence-electron chi connectivity index (χ0n) is 8.93. The molecule has 4 heteroatoms. The second-order valence-electron chi connectivity index (χ2n) is 3.73. The van der Waals surface area contributed by atoms with E-state index in [1.165, 1.54) is 30.6 Å². The summed E-state index contributed by atoms with van der Waals surface area (Å²) in [6, 6.07) is 2.33. The summed E-state index contributed by atoms with van der Waals surface area (Å²) in [6.45, 7) is 2.23. The van der Waals surface area contributed by atoms with Crippen molar-refractivity contribution in [1.82, 2.24) is 0 Å². The Balaban J connectivity index is 2.36. The molecule has 0 aliphatic carbocycles. The third-order valence-electron chi connectivity index (χ3n) is 2.40. The average molecular weight is 355 g/mol. The molecule has 1 nitrogen and oxygen atoms in total. The largest absolute Gasteiger partial charge is 0.323 e. The Kier molecular flexibility index (Phi) is 6.43.